The van der Waals surface area contributed by atoms with E-state index in [2.05, 4.69) is 5.32 Å². The number of hydrogen-bond acceptors (Lipinski definition) is 5. The molecule has 32 heavy (non-hydrogen) atoms. The van der Waals surface area contributed by atoms with E-state index in [0.29, 0.717) is 17.8 Å². The minimum Gasteiger partial charge on any atom is -0.497 e. The molecular weight excluding hydrogens is 424 g/mol. The highest BCUT2D eigenvalue weighted by Gasteiger charge is 2.39. The first kappa shape index (κ1) is 21.6. The third-order valence-electron chi connectivity index (χ3n) is 5.32. The fourth-order valence-corrected chi connectivity index (χ4v) is 5.22. The van der Waals surface area contributed by atoms with Gasteiger partial charge in [-0.25, -0.2) is 8.42 Å². The lowest BCUT2D eigenvalue weighted by Crippen LogP contribution is -2.39. The molecule has 3 aromatic carbocycles. The Balaban J connectivity index is 1.66. The quantitative estimate of drug-likeness (QED) is 0.573. The van der Waals surface area contributed by atoms with Crippen LogP contribution in [0.4, 0.5) is 5.69 Å². The zero-order valence-electron chi connectivity index (χ0n) is 17.9. The summed E-state index contributed by atoms with van der Waals surface area (Å²) in [6.45, 7) is 2.47. The van der Waals surface area contributed by atoms with Crippen molar-refractivity contribution in [2.75, 3.05) is 11.4 Å². The molecule has 1 aliphatic heterocycles. The van der Waals surface area contributed by atoms with Crippen LogP contribution in [0, 0.1) is 6.92 Å². The Morgan fingerprint density at radius 1 is 0.969 bits per heavy atom. The standard InChI is InChI=1S/C25H24N2O4S/c1-18-6-5-7-20(14-18)17-27-23-9-4-3-8-22(23)25(28)24(32(27,29)30)16-26-15-19-10-12-21(31-2)13-11-19/h3-14,16,26H,15,17H2,1-2H3/b24-16+. The molecule has 1 N–H and O–H groups in total. The van der Waals surface area contributed by atoms with Crippen molar-refractivity contribution < 1.29 is 17.9 Å². The molecule has 7 heteroatoms. The maximum absolute atomic E-state index is 13.5. The summed E-state index contributed by atoms with van der Waals surface area (Å²) < 4.78 is 33.4. The number of Topliss-reactive ketones (excluding diaryl/α,β-unsaturated/α-hetero) is 1. The van der Waals surface area contributed by atoms with Gasteiger partial charge in [0.25, 0.3) is 10.0 Å². The molecule has 4 rings (SSSR count). The van der Waals surface area contributed by atoms with E-state index in [1.807, 2.05) is 55.5 Å². The Hall–Kier alpha value is -3.58. The molecule has 0 radical (unpaired) electrons. The van der Waals surface area contributed by atoms with Crippen molar-refractivity contribution in [3.63, 3.8) is 0 Å². The number of aryl methyl sites for hydroxylation is 1. The summed E-state index contributed by atoms with van der Waals surface area (Å²) in [6.07, 6.45) is 1.31. The van der Waals surface area contributed by atoms with Crippen LogP contribution < -0.4 is 14.4 Å². The highest BCUT2D eigenvalue weighted by molar-refractivity contribution is 7.97. The van der Waals surface area contributed by atoms with Gasteiger partial charge >= 0.3 is 0 Å². The molecule has 1 aliphatic rings. The van der Waals surface area contributed by atoms with Crippen molar-refractivity contribution in [2.24, 2.45) is 0 Å². The van der Waals surface area contributed by atoms with Crippen LogP contribution in [0.5, 0.6) is 5.75 Å². The highest BCUT2D eigenvalue weighted by Crippen LogP contribution is 2.36. The summed E-state index contributed by atoms with van der Waals surface area (Å²) in [5.74, 6) is 0.226. The normalized spacial score (nSPS) is 16.0. The van der Waals surface area contributed by atoms with E-state index < -0.39 is 15.8 Å². The van der Waals surface area contributed by atoms with Gasteiger partial charge in [-0.15, -0.1) is 0 Å². The van der Waals surface area contributed by atoms with Crippen molar-refractivity contribution in [2.45, 2.75) is 20.0 Å². The maximum atomic E-state index is 13.5. The Morgan fingerprint density at radius 2 is 1.72 bits per heavy atom. The number of benzene rings is 3. The lowest BCUT2D eigenvalue weighted by Gasteiger charge is -2.31. The number of carbonyl (C=O) groups excluding carboxylic acids is 1. The molecule has 0 spiro atoms. The summed E-state index contributed by atoms with van der Waals surface area (Å²) >= 11 is 0. The van der Waals surface area contributed by atoms with Gasteiger partial charge in [-0.2, -0.15) is 0 Å². The molecule has 3 aromatic rings. The number of para-hydroxylation sites is 1. The summed E-state index contributed by atoms with van der Waals surface area (Å²) in [6, 6.07) is 21.9. The number of ether oxygens (including phenoxy) is 1. The number of methoxy groups -OCH3 is 1. The van der Waals surface area contributed by atoms with E-state index in [9.17, 15) is 13.2 Å². The molecular formula is C25H24N2O4S. The van der Waals surface area contributed by atoms with Gasteiger partial charge in [0.05, 0.1) is 19.3 Å². The van der Waals surface area contributed by atoms with Crippen molar-refractivity contribution >= 4 is 21.5 Å². The SMILES string of the molecule is COc1ccc(CN/C=C2\C(=O)c3ccccc3N(Cc3cccc(C)c3)S2(=O)=O)cc1. The number of carbonyl (C=O) groups is 1. The molecule has 0 saturated heterocycles. The van der Waals surface area contributed by atoms with Crippen LogP contribution in [0.25, 0.3) is 0 Å². The molecule has 0 bridgehead atoms. The number of sulfonamides is 1. The molecule has 0 amide bonds. The third kappa shape index (κ3) is 4.24. The number of anilines is 1. The molecule has 0 aliphatic carbocycles. The predicted molar refractivity (Wildman–Crippen MR) is 125 cm³/mol. The van der Waals surface area contributed by atoms with E-state index in [1.54, 1.807) is 31.4 Å². The minimum atomic E-state index is -4.04. The first-order valence-corrected chi connectivity index (χ1v) is 11.6. The van der Waals surface area contributed by atoms with E-state index in [-0.39, 0.29) is 11.4 Å². The van der Waals surface area contributed by atoms with Gasteiger partial charge in [0.1, 0.15) is 5.75 Å². The van der Waals surface area contributed by atoms with Gasteiger partial charge < -0.3 is 10.1 Å². The van der Waals surface area contributed by atoms with Crippen molar-refractivity contribution in [3.8, 4) is 5.75 Å². The number of ketones is 1. The molecule has 0 fully saturated rings. The van der Waals surface area contributed by atoms with Crippen LogP contribution in [-0.4, -0.2) is 21.3 Å². The maximum Gasteiger partial charge on any atom is 0.270 e. The van der Waals surface area contributed by atoms with Gasteiger partial charge in [-0.1, -0.05) is 54.1 Å². The van der Waals surface area contributed by atoms with Crippen LogP contribution in [0.3, 0.4) is 0 Å². The summed E-state index contributed by atoms with van der Waals surface area (Å²) in [5, 5.41) is 2.99. The second kappa shape index (κ2) is 8.88. The molecule has 0 saturated carbocycles. The smallest absolute Gasteiger partial charge is 0.270 e. The number of fused-ring (bicyclic) bond motifs is 1. The Labute approximate surface area is 188 Å². The molecule has 0 aromatic heterocycles. The zero-order valence-corrected chi connectivity index (χ0v) is 18.7. The minimum absolute atomic E-state index is 0.143. The number of allylic oxidation sites excluding steroid dienone is 1. The third-order valence-corrected chi connectivity index (χ3v) is 7.08. The Morgan fingerprint density at radius 3 is 2.44 bits per heavy atom. The number of nitrogens with one attached hydrogen (secondary N) is 1. The van der Waals surface area contributed by atoms with Gasteiger partial charge in [-0.3, -0.25) is 9.10 Å². The second-order valence-electron chi connectivity index (χ2n) is 7.58. The van der Waals surface area contributed by atoms with E-state index in [1.165, 1.54) is 10.5 Å². The van der Waals surface area contributed by atoms with Crippen molar-refractivity contribution in [1.29, 1.82) is 0 Å². The lowest BCUT2D eigenvalue weighted by atomic mass is 10.1. The fraction of sp³-hybridized carbons (Fsp3) is 0.160. The van der Waals surface area contributed by atoms with Gasteiger partial charge in [0.2, 0.25) is 5.78 Å². The fourth-order valence-electron chi connectivity index (χ4n) is 3.67. The number of hydrogen-bond donors (Lipinski definition) is 1. The zero-order chi connectivity index (χ0) is 22.7. The van der Waals surface area contributed by atoms with Gasteiger partial charge in [-0.05, 0) is 42.3 Å². The number of nitrogens with zero attached hydrogens (tertiary/aromatic N) is 1. The summed E-state index contributed by atoms with van der Waals surface area (Å²) in [7, 11) is -2.45. The largest absolute Gasteiger partial charge is 0.497 e. The summed E-state index contributed by atoms with van der Waals surface area (Å²) in [5.41, 5.74) is 3.58. The monoisotopic (exact) mass is 448 g/mol. The van der Waals surface area contributed by atoms with Gasteiger partial charge in [0, 0.05) is 18.3 Å². The Bertz CT molecular complexity index is 1280. The molecule has 0 unspecified atom stereocenters. The van der Waals surface area contributed by atoms with E-state index in [4.69, 9.17) is 4.74 Å². The van der Waals surface area contributed by atoms with Crippen LogP contribution in [0.1, 0.15) is 27.0 Å². The Kier molecular flexibility index (Phi) is 6.01. The van der Waals surface area contributed by atoms with Crippen LogP contribution in [0.15, 0.2) is 83.9 Å². The topological polar surface area (TPSA) is 75.7 Å². The van der Waals surface area contributed by atoms with Gasteiger partial charge in [0.15, 0.2) is 4.91 Å². The second-order valence-corrected chi connectivity index (χ2v) is 9.42. The first-order valence-electron chi connectivity index (χ1n) is 10.2. The molecule has 1 heterocycles. The van der Waals surface area contributed by atoms with Crippen LogP contribution in [0.2, 0.25) is 0 Å². The number of rotatable bonds is 6. The molecule has 0 atom stereocenters. The van der Waals surface area contributed by atoms with E-state index >= 15 is 0 Å². The average Bonchev–Trinajstić information content (AvgIpc) is 2.79. The van der Waals surface area contributed by atoms with Crippen molar-refractivity contribution in [3.05, 3.63) is 106 Å². The first-order chi connectivity index (χ1) is 15.4. The average molecular weight is 449 g/mol. The summed E-state index contributed by atoms with van der Waals surface area (Å²) in [4.78, 5) is 12.8. The predicted octanol–water partition coefficient (Wildman–Crippen LogP) is 4.17. The van der Waals surface area contributed by atoms with Crippen LogP contribution in [-0.2, 0) is 23.1 Å². The van der Waals surface area contributed by atoms with E-state index in [0.717, 1.165) is 22.4 Å². The highest BCUT2D eigenvalue weighted by atomic mass is 32.2. The lowest BCUT2D eigenvalue weighted by molar-refractivity contribution is 0.104. The van der Waals surface area contributed by atoms with Crippen LogP contribution >= 0.6 is 0 Å². The molecule has 6 nitrogen and oxygen atoms in total. The molecule has 164 valence electrons. The van der Waals surface area contributed by atoms with Crippen molar-refractivity contribution in [1.82, 2.24) is 5.32 Å².